The van der Waals surface area contributed by atoms with E-state index in [9.17, 15) is 9.18 Å². The predicted molar refractivity (Wildman–Crippen MR) is 83.1 cm³/mol. The Bertz CT molecular complexity index is 549. The molecule has 1 aromatic heterocycles. The second-order valence-corrected chi connectivity index (χ2v) is 6.47. The van der Waals surface area contributed by atoms with E-state index >= 15 is 0 Å². The molecule has 3 atom stereocenters. The molecule has 0 aliphatic carbocycles. The van der Waals surface area contributed by atoms with Crippen molar-refractivity contribution >= 4 is 6.03 Å². The Morgan fingerprint density at radius 1 is 1.42 bits per heavy atom. The lowest BCUT2D eigenvalue weighted by molar-refractivity contribution is 0.184. The van der Waals surface area contributed by atoms with Gasteiger partial charge in [-0.15, -0.1) is 0 Å². The second kappa shape index (κ2) is 7.89. The standard InChI is InChI=1S/C15H24FN5O3/c1-10-19-14(20-24-10)8-21-7-12(16)4-13(21)6-18-15(22)17-5-11-2-3-23-9-11/h11-13H,2-9H2,1H3,(H2,17,18,22)/t11-,12-,13-/m0/s1. The molecule has 2 N–H and O–H groups in total. The molecule has 3 heterocycles. The molecule has 3 rings (SSSR count). The third kappa shape index (κ3) is 4.64. The zero-order chi connectivity index (χ0) is 16.9. The van der Waals surface area contributed by atoms with Gasteiger partial charge in [-0.1, -0.05) is 5.16 Å². The fourth-order valence-electron chi connectivity index (χ4n) is 3.17. The smallest absolute Gasteiger partial charge is 0.314 e. The van der Waals surface area contributed by atoms with Crippen molar-refractivity contribution in [2.24, 2.45) is 5.92 Å². The lowest BCUT2D eigenvalue weighted by Gasteiger charge is -2.23. The molecule has 2 amide bonds. The highest BCUT2D eigenvalue weighted by Crippen LogP contribution is 2.21. The van der Waals surface area contributed by atoms with Crippen molar-refractivity contribution < 1.29 is 18.4 Å². The molecule has 9 heteroatoms. The number of hydrogen-bond donors (Lipinski definition) is 2. The maximum absolute atomic E-state index is 13.8. The molecule has 2 fully saturated rings. The van der Waals surface area contributed by atoms with Crippen LogP contribution in [0.3, 0.4) is 0 Å². The fourth-order valence-corrected chi connectivity index (χ4v) is 3.17. The minimum Gasteiger partial charge on any atom is -0.381 e. The highest BCUT2D eigenvalue weighted by atomic mass is 19.1. The van der Waals surface area contributed by atoms with Crippen molar-refractivity contribution in [1.29, 1.82) is 0 Å². The van der Waals surface area contributed by atoms with Gasteiger partial charge >= 0.3 is 6.03 Å². The number of rotatable bonds is 6. The van der Waals surface area contributed by atoms with Gasteiger partial charge in [0.2, 0.25) is 5.89 Å². The van der Waals surface area contributed by atoms with E-state index in [2.05, 4.69) is 20.8 Å². The fraction of sp³-hybridized carbons (Fsp3) is 0.800. The van der Waals surface area contributed by atoms with Crippen LogP contribution in [0.4, 0.5) is 9.18 Å². The maximum Gasteiger partial charge on any atom is 0.314 e. The zero-order valence-electron chi connectivity index (χ0n) is 13.8. The average Bonchev–Trinajstić information content (AvgIpc) is 3.26. The van der Waals surface area contributed by atoms with Gasteiger partial charge in [-0.05, 0) is 12.8 Å². The van der Waals surface area contributed by atoms with Gasteiger partial charge in [-0.3, -0.25) is 4.90 Å². The van der Waals surface area contributed by atoms with Gasteiger partial charge in [0.05, 0.1) is 13.2 Å². The monoisotopic (exact) mass is 341 g/mol. The summed E-state index contributed by atoms with van der Waals surface area (Å²) in [5.41, 5.74) is 0. The number of aryl methyl sites for hydroxylation is 1. The van der Waals surface area contributed by atoms with E-state index in [1.54, 1.807) is 6.92 Å². The molecular weight excluding hydrogens is 317 g/mol. The van der Waals surface area contributed by atoms with Crippen molar-refractivity contribution in [3.05, 3.63) is 11.7 Å². The van der Waals surface area contributed by atoms with Gasteiger partial charge in [0.25, 0.3) is 0 Å². The molecule has 8 nitrogen and oxygen atoms in total. The summed E-state index contributed by atoms with van der Waals surface area (Å²) in [6, 6.07) is -0.293. The molecule has 0 aromatic carbocycles. The van der Waals surface area contributed by atoms with Gasteiger partial charge in [-0.2, -0.15) is 4.98 Å². The molecule has 0 spiro atoms. The summed E-state index contributed by atoms with van der Waals surface area (Å²) in [5.74, 6) is 1.42. The van der Waals surface area contributed by atoms with E-state index < -0.39 is 6.17 Å². The van der Waals surface area contributed by atoms with Gasteiger partial charge in [-0.25, -0.2) is 9.18 Å². The van der Waals surface area contributed by atoms with Crippen LogP contribution in [-0.4, -0.2) is 66.1 Å². The number of hydrogen-bond acceptors (Lipinski definition) is 6. The molecule has 0 radical (unpaired) electrons. The summed E-state index contributed by atoms with van der Waals surface area (Å²) in [4.78, 5) is 18.0. The Labute approximate surface area is 140 Å². The SMILES string of the molecule is Cc1nc(CN2C[C@@H](F)C[C@H]2CNC(=O)NC[C@@H]2CCOC2)no1. The van der Waals surface area contributed by atoms with Crippen LogP contribution in [0.15, 0.2) is 4.52 Å². The molecule has 0 unspecified atom stereocenters. The molecule has 2 saturated heterocycles. The Morgan fingerprint density at radius 2 is 2.25 bits per heavy atom. The first kappa shape index (κ1) is 17.1. The minimum atomic E-state index is -0.900. The summed E-state index contributed by atoms with van der Waals surface area (Å²) in [5, 5.41) is 9.52. The summed E-state index contributed by atoms with van der Waals surface area (Å²) < 4.78 is 24.0. The predicted octanol–water partition coefficient (Wildman–Crippen LogP) is 0.626. The number of urea groups is 1. The highest BCUT2D eigenvalue weighted by molar-refractivity contribution is 5.73. The van der Waals surface area contributed by atoms with Gasteiger partial charge in [0, 0.05) is 45.1 Å². The highest BCUT2D eigenvalue weighted by Gasteiger charge is 2.33. The molecule has 0 bridgehead atoms. The first-order valence-corrected chi connectivity index (χ1v) is 8.37. The second-order valence-electron chi connectivity index (χ2n) is 6.47. The number of ether oxygens (including phenoxy) is 1. The van der Waals surface area contributed by atoms with E-state index in [1.807, 2.05) is 4.90 Å². The van der Waals surface area contributed by atoms with E-state index in [1.165, 1.54) is 0 Å². The normalized spacial score (nSPS) is 27.5. The molecular formula is C15H24FN5O3. The van der Waals surface area contributed by atoms with Crippen molar-refractivity contribution in [2.75, 3.05) is 32.8 Å². The van der Waals surface area contributed by atoms with Crippen LogP contribution in [-0.2, 0) is 11.3 Å². The number of amides is 2. The van der Waals surface area contributed by atoms with E-state index in [0.29, 0.717) is 56.8 Å². The van der Waals surface area contributed by atoms with Crippen LogP contribution in [0.25, 0.3) is 0 Å². The van der Waals surface area contributed by atoms with Crippen LogP contribution < -0.4 is 10.6 Å². The minimum absolute atomic E-state index is 0.0700. The molecule has 134 valence electrons. The van der Waals surface area contributed by atoms with Gasteiger partial charge in [0.15, 0.2) is 5.82 Å². The van der Waals surface area contributed by atoms with Crippen molar-refractivity contribution in [1.82, 2.24) is 25.7 Å². The van der Waals surface area contributed by atoms with Crippen LogP contribution in [0.2, 0.25) is 0 Å². The first-order chi connectivity index (χ1) is 11.6. The number of aromatic nitrogens is 2. The van der Waals surface area contributed by atoms with Crippen LogP contribution in [0.1, 0.15) is 24.6 Å². The first-order valence-electron chi connectivity index (χ1n) is 8.37. The molecule has 2 aliphatic heterocycles. The number of carbonyl (C=O) groups excluding carboxylic acids is 1. The third-order valence-electron chi connectivity index (χ3n) is 4.46. The van der Waals surface area contributed by atoms with Crippen molar-refractivity contribution in [2.45, 2.75) is 38.5 Å². The Morgan fingerprint density at radius 3 is 2.96 bits per heavy atom. The maximum atomic E-state index is 13.8. The quantitative estimate of drug-likeness (QED) is 0.788. The summed E-state index contributed by atoms with van der Waals surface area (Å²) in [6.45, 7) is 4.92. The molecule has 24 heavy (non-hydrogen) atoms. The number of nitrogens with one attached hydrogen (secondary N) is 2. The average molecular weight is 341 g/mol. The number of alkyl halides is 1. The zero-order valence-corrected chi connectivity index (χ0v) is 13.8. The topological polar surface area (TPSA) is 92.5 Å². The lowest BCUT2D eigenvalue weighted by atomic mass is 10.1. The number of nitrogens with zero attached hydrogens (tertiary/aromatic N) is 3. The van der Waals surface area contributed by atoms with Crippen LogP contribution >= 0.6 is 0 Å². The van der Waals surface area contributed by atoms with Crippen molar-refractivity contribution in [3.63, 3.8) is 0 Å². The van der Waals surface area contributed by atoms with E-state index in [-0.39, 0.29) is 12.1 Å². The van der Waals surface area contributed by atoms with E-state index in [0.717, 1.165) is 13.0 Å². The Hall–Kier alpha value is -1.74. The Balaban J connectivity index is 1.42. The number of halogens is 1. The third-order valence-corrected chi connectivity index (χ3v) is 4.46. The van der Waals surface area contributed by atoms with Crippen LogP contribution in [0.5, 0.6) is 0 Å². The van der Waals surface area contributed by atoms with E-state index in [4.69, 9.17) is 9.26 Å². The molecule has 1 aromatic rings. The Kier molecular flexibility index (Phi) is 5.62. The molecule has 0 saturated carbocycles. The number of likely N-dealkylation sites (tertiary alicyclic amines) is 1. The summed E-state index contributed by atoms with van der Waals surface area (Å²) in [7, 11) is 0. The largest absolute Gasteiger partial charge is 0.381 e. The van der Waals surface area contributed by atoms with Crippen LogP contribution in [0, 0.1) is 12.8 Å². The molecule has 2 aliphatic rings. The summed E-state index contributed by atoms with van der Waals surface area (Å²) in [6.07, 6.45) is 0.473. The van der Waals surface area contributed by atoms with Gasteiger partial charge < -0.3 is 19.9 Å². The number of carbonyl (C=O) groups is 1. The van der Waals surface area contributed by atoms with Gasteiger partial charge in [0.1, 0.15) is 6.17 Å². The lowest BCUT2D eigenvalue weighted by Crippen LogP contribution is -2.44. The summed E-state index contributed by atoms with van der Waals surface area (Å²) >= 11 is 0. The van der Waals surface area contributed by atoms with Crippen molar-refractivity contribution in [3.8, 4) is 0 Å².